The third-order valence-corrected chi connectivity index (χ3v) is 2.90. The molecule has 0 amide bonds. The third kappa shape index (κ3) is 1.12. The molecule has 1 aromatic rings. The summed E-state index contributed by atoms with van der Waals surface area (Å²) in [7, 11) is -0.864. The van der Waals surface area contributed by atoms with Crippen molar-refractivity contribution in [1.82, 2.24) is 4.98 Å². The molecule has 1 aliphatic rings. The molecule has 0 N–H and O–H groups in total. The fraction of sp³-hybridized carbons (Fsp3) is 0.125. The summed E-state index contributed by atoms with van der Waals surface area (Å²) >= 11 is 0. The molecule has 0 fully saturated rings. The highest BCUT2D eigenvalue weighted by atomic mass is 32.2. The summed E-state index contributed by atoms with van der Waals surface area (Å²) in [6.07, 6.45) is 5.52. The molecule has 56 valence electrons. The van der Waals surface area contributed by atoms with Gasteiger partial charge in [0.25, 0.3) is 0 Å². The van der Waals surface area contributed by atoms with Crippen LogP contribution < -0.4 is 0 Å². The number of rotatable bonds is 0. The Morgan fingerprint density at radius 3 is 3.27 bits per heavy atom. The van der Waals surface area contributed by atoms with Gasteiger partial charge in [-0.1, -0.05) is 6.08 Å². The Hall–Kier alpha value is -0.960. The van der Waals surface area contributed by atoms with Crippen molar-refractivity contribution in [3.8, 4) is 0 Å². The van der Waals surface area contributed by atoms with Crippen molar-refractivity contribution in [2.75, 3.05) is 5.75 Å². The van der Waals surface area contributed by atoms with E-state index in [1.54, 1.807) is 6.20 Å². The van der Waals surface area contributed by atoms with Crippen LogP contribution in [-0.2, 0) is 10.8 Å². The molecule has 1 unspecified atom stereocenters. The van der Waals surface area contributed by atoms with Crippen LogP contribution in [0.15, 0.2) is 29.3 Å². The fourth-order valence-electron chi connectivity index (χ4n) is 1.06. The van der Waals surface area contributed by atoms with Gasteiger partial charge in [-0.15, -0.1) is 0 Å². The maximum Gasteiger partial charge on any atom is 0.0788 e. The molecule has 2 heterocycles. The molecular formula is C8H7NOS. The minimum absolute atomic E-state index is 0.624. The molecule has 3 heteroatoms. The first kappa shape index (κ1) is 6.73. The molecule has 0 aromatic carbocycles. The van der Waals surface area contributed by atoms with Gasteiger partial charge in [-0.2, -0.15) is 0 Å². The predicted molar refractivity (Wildman–Crippen MR) is 44.5 cm³/mol. The molecular weight excluding hydrogens is 158 g/mol. The molecule has 2 rings (SSSR count). The molecule has 1 aliphatic heterocycles. The monoisotopic (exact) mass is 165 g/mol. The van der Waals surface area contributed by atoms with E-state index in [0.29, 0.717) is 5.75 Å². The molecule has 0 bridgehead atoms. The summed E-state index contributed by atoms with van der Waals surface area (Å²) in [5.41, 5.74) is 0.845. The maximum absolute atomic E-state index is 11.3. The lowest BCUT2D eigenvalue weighted by Crippen LogP contribution is -2.03. The van der Waals surface area contributed by atoms with Crippen LogP contribution in [-0.4, -0.2) is 14.9 Å². The maximum atomic E-state index is 11.3. The zero-order chi connectivity index (χ0) is 7.68. The SMILES string of the molecule is O=S1CC=Cc2ncccc21. The van der Waals surface area contributed by atoms with E-state index in [-0.39, 0.29) is 0 Å². The highest BCUT2D eigenvalue weighted by Crippen LogP contribution is 2.16. The lowest BCUT2D eigenvalue weighted by Gasteiger charge is -2.06. The number of aromatic nitrogens is 1. The van der Waals surface area contributed by atoms with Crippen molar-refractivity contribution < 1.29 is 4.21 Å². The van der Waals surface area contributed by atoms with Gasteiger partial charge in [0, 0.05) is 11.9 Å². The topological polar surface area (TPSA) is 30.0 Å². The van der Waals surface area contributed by atoms with Gasteiger partial charge in [0.1, 0.15) is 0 Å². The van der Waals surface area contributed by atoms with Gasteiger partial charge >= 0.3 is 0 Å². The van der Waals surface area contributed by atoms with E-state index in [1.807, 2.05) is 24.3 Å². The fourth-order valence-corrected chi connectivity index (χ4v) is 2.09. The highest BCUT2D eigenvalue weighted by Gasteiger charge is 2.10. The van der Waals surface area contributed by atoms with Crippen molar-refractivity contribution in [2.24, 2.45) is 0 Å². The number of fused-ring (bicyclic) bond motifs is 1. The van der Waals surface area contributed by atoms with Crippen LogP contribution in [0.5, 0.6) is 0 Å². The van der Waals surface area contributed by atoms with Gasteiger partial charge < -0.3 is 0 Å². The van der Waals surface area contributed by atoms with Crippen molar-refractivity contribution in [3.63, 3.8) is 0 Å². The Morgan fingerprint density at radius 1 is 1.55 bits per heavy atom. The van der Waals surface area contributed by atoms with Crippen LogP contribution in [0.4, 0.5) is 0 Å². The standard InChI is InChI=1S/C8H7NOS/c10-11-6-2-3-7-8(11)4-1-5-9-7/h1-5H,6H2. The van der Waals surface area contributed by atoms with Crippen LogP contribution in [0.25, 0.3) is 6.08 Å². The number of nitrogens with zero attached hydrogens (tertiary/aromatic N) is 1. The first-order valence-electron chi connectivity index (χ1n) is 3.38. The molecule has 1 atom stereocenters. The lowest BCUT2D eigenvalue weighted by molar-refractivity contribution is 0.684. The van der Waals surface area contributed by atoms with E-state index < -0.39 is 10.8 Å². The summed E-state index contributed by atoms with van der Waals surface area (Å²) in [4.78, 5) is 4.95. The minimum atomic E-state index is -0.864. The summed E-state index contributed by atoms with van der Waals surface area (Å²) in [6, 6.07) is 3.68. The van der Waals surface area contributed by atoms with E-state index in [9.17, 15) is 4.21 Å². The second kappa shape index (κ2) is 2.58. The van der Waals surface area contributed by atoms with Gasteiger partial charge in [-0.05, 0) is 18.2 Å². The molecule has 0 saturated carbocycles. The average molecular weight is 165 g/mol. The Labute approximate surface area is 67.4 Å². The van der Waals surface area contributed by atoms with Crippen LogP contribution in [0, 0.1) is 0 Å². The Kier molecular flexibility index (Phi) is 1.58. The smallest absolute Gasteiger partial charge is 0.0788 e. The number of pyridine rings is 1. The van der Waals surface area contributed by atoms with Gasteiger partial charge in [0.15, 0.2) is 0 Å². The molecule has 0 radical (unpaired) electrons. The summed E-state index contributed by atoms with van der Waals surface area (Å²) < 4.78 is 11.3. The first-order chi connectivity index (χ1) is 5.38. The molecule has 1 aromatic heterocycles. The van der Waals surface area contributed by atoms with E-state index in [2.05, 4.69) is 4.98 Å². The highest BCUT2D eigenvalue weighted by molar-refractivity contribution is 7.85. The largest absolute Gasteiger partial charge is 0.256 e. The van der Waals surface area contributed by atoms with Crippen molar-refractivity contribution in [1.29, 1.82) is 0 Å². The summed E-state index contributed by atoms with van der Waals surface area (Å²) in [6.45, 7) is 0. The van der Waals surface area contributed by atoms with Gasteiger partial charge in [-0.3, -0.25) is 9.19 Å². The second-order valence-electron chi connectivity index (χ2n) is 2.30. The van der Waals surface area contributed by atoms with Crippen LogP contribution in [0.3, 0.4) is 0 Å². The predicted octanol–water partition coefficient (Wildman–Crippen LogP) is 1.22. The van der Waals surface area contributed by atoms with E-state index in [4.69, 9.17) is 0 Å². The van der Waals surface area contributed by atoms with Crippen LogP contribution in [0.2, 0.25) is 0 Å². The van der Waals surface area contributed by atoms with Crippen LogP contribution in [0.1, 0.15) is 5.69 Å². The molecule has 11 heavy (non-hydrogen) atoms. The third-order valence-electron chi connectivity index (χ3n) is 1.57. The van der Waals surface area contributed by atoms with Gasteiger partial charge in [0.05, 0.1) is 21.4 Å². The Balaban J connectivity index is 2.63. The van der Waals surface area contributed by atoms with E-state index >= 15 is 0 Å². The Morgan fingerprint density at radius 2 is 2.45 bits per heavy atom. The number of hydrogen-bond donors (Lipinski definition) is 0. The quantitative estimate of drug-likeness (QED) is 0.578. The average Bonchev–Trinajstić information content (AvgIpc) is 2.06. The zero-order valence-electron chi connectivity index (χ0n) is 5.86. The summed E-state index contributed by atoms with van der Waals surface area (Å²) in [5.74, 6) is 0.624. The Bertz CT molecular complexity index is 333. The number of hydrogen-bond acceptors (Lipinski definition) is 2. The van der Waals surface area contributed by atoms with E-state index in [1.165, 1.54) is 0 Å². The normalized spacial score (nSPS) is 21.3. The molecule has 0 saturated heterocycles. The van der Waals surface area contributed by atoms with Crippen molar-refractivity contribution in [2.45, 2.75) is 4.90 Å². The molecule has 2 nitrogen and oxygen atoms in total. The lowest BCUT2D eigenvalue weighted by atomic mass is 10.3. The first-order valence-corrected chi connectivity index (χ1v) is 4.70. The van der Waals surface area contributed by atoms with Crippen molar-refractivity contribution in [3.05, 3.63) is 30.1 Å². The van der Waals surface area contributed by atoms with E-state index in [0.717, 1.165) is 10.6 Å². The van der Waals surface area contributed by atoms with Gasteiger partial charge in [0.2, 0.25) is 0 Å². The summed E-state index contributed by atoms with van der Waals surface area (Å²) in [5, 5.41) is 0. The molecule has 0 aliphatic carbocycles. The molecule has 0 spiro atoms. The van der Waals surface area contributed by atoms with Crippen molar-refractivity contribution >= 4 is 16.9 Å². The van der Waals surface area contributed by atoms with Crippen LogP contribution >= 0.6 is 0 Å². The zero-order valence-corrected chi connectivity index (χ0v) is 6.67. The van der Waals surface area contributed by atoms with Gasteiger partial charge in [-0.25, -0.2) is 0 Å². The minimum Gasteiger partial charge on any atom is -0.256 e. The second-order valence-corrected chi connectivity index (χ2v) is 3.77.